The maximum absolute atomic E-state index is 14.1. The molecular formula is C27H29NO6. The van der Waals surface area contributed by atoms with Crippen molar-refractivity contribution in [1.29, 1.82) is 0 Å². The summed E-state index contributed by atoms with van der Waals surface area (Å²) in [6, 6.07) is 18.4. The predicted molar refractivity (Wildman–Crippen MR) is 123 cm³/mol. The lowest BCUT2D eigenvalue weighted by Gasteiger charge is -2.38. The van der Waals surface area contributed by atoms with Crippen LogP contribution in [0.5, 0.6) is 0 Å². The number of imide groups is 1. The molecule has 34 heavy (non-hydrogen) atoms. The Morgan fingerprint density at radius 2 is 1.47 bits per heavy atom. The number of carbonyl (C=O) groups excluding carboxylic acids is 3. The molecule has 2 bridgehead atoms. The molecule has 3 aliphatic heterocycles. The molecule has 0 N–H and O–H groups in total. The minimum Gasteiger partial charge on any atom is -0.469 e. The van der Waals surface area contributed by atoms with E-state index in [1.54, 1.807) is 0 Å². The van der Waals surface area contributed by atoms with Crippen molar-refractivity contribution >= 4 is 18.0 Å². The molecule has 2 amide bonds. The molecule has 7 heteroatoms. The van der Waals surface area contributed by atoms with Gasteiger partial charge in [-0.15, -0.1) is 0 Å². The van der Waals surface area contributed by atoms with E-state index in [9.17, 15) is 14.4 Å². The summed E-state index contributed by atoms with van der Waals surface area (Å²) in [6.07, 6.45) is -0.111. The lowest BCUT2D eigenvalue weighted by atomic mass is 9.74. The zero-order valence-corrected chi connectivity index (χ0v) is 19.5. The summed E-state index contributed by atoms with van der Waals surface area (Å²) in [5.74, 6) is -2.54. The van der Waals surface area contributed by atoms with Gasteiger partial charge in [-0.2, -0.15) is 0 Å². The second-order valence-electron chi connectivity index (χ2n) is 9.60. The fraction of sp³-hybridized carbons (Fsp3) is 0.444. The summed E-state index contributed by atoms with van der Waals surface area (Å²) in [5.41, 5.74) is 0.400. The number of hydrogen-bond acceptors (Lipinski definition) is 6. The van der Waals surface area contributed by atoms with Gasteiger partial charge in [-0.25, -0.2) is 9.69 Å². The normalized spacial score (nSPS) is 29.4. The number of fused-ring (bicyclic) bond motifs is 2. The quantitative estimate of drug-likeness (QED) is 0.626. The smallest absolute Gasteiger partial charge is 0.418 e. The lowest BCUT2D eigenvalue weighted by molar-refractivity contribution is -0.153. The highest BCUT2D eigenvalue weighted by molar-refractivity contribution is 5.98. The first kappa shape index (κ1) is 22.6. The second kappa shape index (κ2) is 8.55. The van der Waals surface area contributed by atoms with E-state index >= 15 is 0 Å². The van der Waals surface area contributed by atoms with Crippen molar-refractivity contribution in [1.82, 2.24) is 4.90 Å². The Labute approximate surface area is 199 Å². The van der Waals surface area contributed by atoms with E-state index in [0.717, 1.165) is 11.1 Å². The monoisotopic (exact) mass is 463 g/mol. The standard InChI is InChI=1S/C27H29NO6/c1-16(2)23-27(17-10-6-4-7-11-17,18-12-8-5-9-13-18)34-26(31)28(23)24(29)21-19-14-15-20(33-19)22(21)25(30)32-3/h4-13,16,19-23H,14-15H2,1-3H3/t19-,20+,21-,22+,23-/m0/s1. The first-order chi connectivity index (χ1) is 16.4. The highest BCUT2D eigenvalue weighted by atomic mass is 16.6. The highest BCUT2D eigenvalue weighted by Gasteiger charge is 2.64. The average Bonchev–Trinajstić information content (AvgIpc) is 3.56. The van der Waals surface area contributed by atoms with Crippen molar-refractivity contribution in [3.63, 3.8) is 0 Å². The van der Waals surface area contributed by atoms with Gasteiger partial charge in [0.05, 0.1) is 37.2 Å². The Balaban J connectivity index is 1.62. The highest BCUT2D eigenvalue weighted by Crippen LogP contribution is 2.50. The van der Waals surface area contributed by atoms with Crippen LogP contribution in [-0.2, 0) is 29.4 Å². The third-order valence-corrected chi connectivity index (χ3v) is 7.45. The summed E-state index contributed by atoms with van der Waals surface area (Å²) < 4.78 is 17.2. The SMILES string of the molecule is COC(=O)[C@H]1[C@@H](C(=O)N2C(=O)OC(c3ccccc3)(c3ccccc3)[C@@H]2C(C)C)[C@@H]2CC[C@H]1O2. The predicted octanol–water partition coefficient (Wildman–Crippen LogP) is 3.90. The van der Waals surface area contributed by atoms with Crippen LogP contribution in [0, 0.1) is 17.8 Å². The van der Waals surface area contributed by atoms with Gasteiger partial charge in [0.1, 0.15) is 0 Å². The van der Waals surface area contributed by atoms with Gasteiger partial charge >= 0.3 is 12.1 Å². The summed E-state index contributed by atoms with van der Waals surface area (Å²) in [5, 5.41) is 0. The number of hydrogen-bond donors (Lipinski definition) is 0. The van der Waals surface area contributed by atoms with Gasteiger partial charge in [0, 0.05) is 11.1 Å². The zero-order valence-electron chi connectivity index (χ0n) is 19.5. The van der Waals surface area contributed by atoms with Gasteiger partial charge in [-0.1, -0.05) is 74.5 Å². The Morgan fingerprint density at radius 3 is 1.97 bits per heavy atom. The molecule has 3 saturated heterocycles. The number of rotatable bonds is 5. The maximum atomic E-state index is 14.1. The third kappa shape index (κ3) is 3.25. The molecule has 0 saturated carbocycles. The van der Waals surface area contributed by atoms with Crippen molar-refractivity contribution in [2.75, 3.05) is 7.11 Å². The van der Waals surface area contributed by atoms with Gasteiger partial charge in [0.15, 0.2) is 5.60 Å². The summed E-state index contributed by atoms with van der Waals surface area (Å²) in [4.78, 5) is 41.5. The lowest BCUT2D eigenvalue weighted by Crippen LogP contribution is -2.54. The number of benzene rings is 2. The number of ether oxygens (including phenoxy) is 3. The molecule has 3 aliphatic rings. The van der Waals surface area contributed by atoms with Gasteiger partial charge in [-0.3, -0.25) is 9.59 Å². The van der Waals surface area contributed by atoms with Crippen molar-refractivity contribution in [2.45, 2.75) is 50.5 Å². The minimum absolute atomic E-state index is 0.133. The van der Waals surface area contributed by atoms with Crippen LogP contribution in [-0.4, -0.2) is 48.2 Å². The molecule has 0 unspecified atom stereocenters. The van der Waals surface area contributed by atoms with E-state index in [1.165, 1.54) is 12.0 Å². The number of methoxy groups -OCH3 is 1. The summed E-state index contributed by atoms with van der Waals surface area (Å²) >= 11 is 0. The molecule has 0 aliphatic carbocycles. The van der Waals surface area contributed by atoms with Crippen molar-refractivity contribution < 1.29 is 28.6 Å². The minimum atomic E-state index is -1.18. The number of cyclic esters (lactones) is 1. The molecule has 0 spiro atoms. The first-order valence-corrected chi connectivity index (χ1v) is 11.8. The third-order valence-electron chi connectivity index (χ3n) is 7.45. The average molecular weight is 464 g/mol. The molecule has 178 valence electrons. The molecule has 0 radical (unpaired) electrons. The van der Waals surface area contributed by atoms with Crippen molar-refractivity contribution in [3.05, 3.63) is 71.8 Å². The van der Waals surface area contributed by atoms with Crippen LogP contribution in [0.25, 0.3) is 0 Å². The van der Waals surface area contributed by atoms with Crippen LogP contribution in [0.1, 0.15) is 37.8 Å². The van der Waals surface area contributed by atoms with Crippen LogP contribution in [0.15, 0.2) is 60.7 Å². The van der Waals surface area contributed by atoms with Gasteiger partial charge in [-0.05, 0) is 18.8 Å². The first-order valence-electron chi connectivity index (χ1n) is 11.8. The fourth-order valence-corrected chi connectivity index (χ4v) is 6.12. The molecule has 5 atom stereocenters. The van der Waals surface area contributed by atoms with Crippen molar-refractivity contribution in [3.8, 4) is 0 Å². The molecule has 3 fully saturated rings. The second-order valence-corrected chi connectivity index (χ2v) is 9.60. The molecule has 2 aromatic rings. The summed E-state index contributed by atoms with van der Waals surface area (Å²) in [6.45, 7) is 3.95. The van der Waals surface area contributed by atoms with E-state index < -0.39 is 47.6 Å². The van der Waals surface area contributed by atoms with Crippen LogP contribution >= 0.6 is 0 Å². The molecule has 2 aromatic carbocycles. The number of amides is 2. The van der Waals surface area contributed by atoms with Crippen LogP contribution < -0.4 is 0 Å². The van der Waals surface area contributed by atoms with Crippen LogP contribution in [0.2, 0.25) is 0 Å². The van der Waals surface area contributed by atoms with Gasteiger partial charge < -0.3 is 14.2 Å². The number of carbonyl (C=O) groups is 3. The number of nitrogens with zero attached hydrogens (tertiary/aromatic N) is 1. The van der Waals surface area contributed by atoms with E-state index in [1.807, 2.05) is 74.5 Å². The van der Waals surface area contributed by atoms with E-state index in [4.69, 9.17) is 14.2 Å². The Bertz CT molecular complexity index is 1050. The molecule has 0 aromatic heterocycles. The molecule has 3 heterocycles. The van der Waals surface area contributed by atoms with E-state index in [0.29, 0.717) is 12.8 Å². The van der Waals surface area contributed by atoms with E-state index in [-0.39, 0.29) is 12.0 Å². The topological polar surface area (TPSA) is 82.1 Å². The Hall–Kier alpha value is -3.19. The van der Waals surface area contributed by atoms with Crippen molar-refractivity contribution in [2.24, 2.45) is 17.8 Å². The Morgan fingerprint density at radius 1 is 0.941 bits per heavy atom. The van der Waals surface area contributed by atoms with E-state index in [2.05, 4.69) is 0 Å². The molecular weight excluding hydrogens is 434 g/mol. The number of esters is 1. The maximum Gasteiger partial charge on any atom is 0.418 e. The van der Waals surface area contributed by atoms with Crippen LogP contribution in [0.3, 0.4) is 0 Å². The fourth-order valence-electron chi connectivity index (χ4n) is 6.12. The zero-order chi connectivity index (χ0) is 24.0. The van der Waals surface area contributed by atoms with Crippen LogP contribution in [0.4, 0.5) is 4.79 Å². The van der Waals surface area contributed by atoms with Gasteiger partial charge in [0.2, 0.25) is 5.91 Å². The van der Waals surface area contributed by atoms with Gasteiger partial charge in [0.25, 0.3) is 0 Å². The molecule has 5 rings (SSSR count). The largest absolute Gasteiger partial charge is 0.469 e. The Kier molecular flexibility index (Phi) is 5.68. The molecule has 7 nitrogen and oxygen atoms in total. The summed E-state index contributed by atoms with van der Waals surface area (Å²) in [7, 11) is 1.31.